The summed E-state index contributed by atoms with van der Waals surface area (Å²) in [7, 11) is 1.67. The zero-order chi connectivity index (χ0) is 13.0. The second kappa shape index (κ2) is 6.22. The Kier molecular flexibility index (Phi) is 4.63. The number of benzene rings is 1. The molecule has 1 aliphatic heterocycles. The third-order valence-corrected chi connectivity index (χ3v) is 3.87. The Labute approximate surface area is 111 Å². The van der Waals surface area contributed by atoms with Crippen molar-refractivity contribution in [2.24, 2.45) is 0 Å². The van der Waals surface area contributed by atoms with Crippen LogP contribution >= 0.6 is 11.8 Å². The van der Waals surface area contributed by atoms with Crippen molar-refractivity contribution < 1.29 is 9.53 Å². The number of hydrogen-bond acceptors (Lipinski definition) is 4. The molecule has 0 bridgehead atoms. The van der Waals surface area contributed by atoms with Gasteiger partial charge < -0.3 is 15.4 Å². The summed E-state index contributed by atoms with van der Waals surface area (Å²) in [5.74, 6) is -0.0431. The fourth-order valence-electron chi connectivity index (χ4n) is 2.04. The summed E-state index contributed by atoms with van der Waals surface area (Å²) in [6.07, 6.45) is 2.07. The van der Waals surface area contributed by atoms with E-state index in [1.807, 2.05) is 30.5 Å². The number of hydrogen-bond donors (Lipinski definition) is 2. The average molecular weight is 266 g/mol. The Balaban J connectivity index is 1.98. The predicted molar refractivity (Wildman–Crippen MR) is 73.1 cm³/mol. The van der Waals surface area contributed by atoms with Crippen LogP contribution in [0.3, 0.4) is 0 Å². The fraction of sp³-hybridized carbons (Fsp3) is 0.462. The zero-order valence-electron chi connectivity index (χ0n) is 10.6. The van der Waals surface area contributed by atoms with Crippen molar-refractivity contribution >= 4 is 17.7 Å². The van der Waals surface area contributed by atoms with Crippen molar-refractivity contribution in [2.75, 3.05) is 26.5 Å². The standard InChI is InChI=1S/C13H18N2O2S/c1-17-12-8-14-7-11(12)15-13(16)9-3-5-10(18-2)6-4-9/h3-6,11-12,14H,7-8H2,1-2H3,(H,15,16)/t11?,12-/m0/s1. The summed E-state index contributed by atoms with van der Waals surface area (Å²) < 4.78 is 5.32. The summed E-state index contributed by atoms with van der Waals surface area (Å²) in [5, 5.41) is 6.21. The lowest BCUT2D eigenvalue weighted by atomic mass is 10.1. The third-order valence-electron chi connectivity index (χ3n) is 3.13. The van der Waals surface area contributed by atoms with Crippen LogP contribution in [0.15, 0.2) is 29.2 Å². The number of thioether (sulfide) groups is 1. The minimum absolute atomic E-state index is 0.0431. The smallest absolute Gasteiger partial charge is 0.251 e. The molecule has 5 heteroatoms. The van der Waals surface area contributed by atoms with Gasteiger partial charge in [-0.15, -0.1) is 11.8 Å². The highest BCUT2D eigenvalue weighted by Gasteiger charge is 2.28. The predicted octanol–water partition coefficient (Wildman–Crippen LogP) is 1.13. The molecule has 1 aromatic carbocycles. The van der Waals surface area contributed by atoms with E-state index in [1.165, 1.54) is 0 Å². The Morgan fingerprint density at radius 3 is 2.72 bits per heavy atom. The molecular weight excluding hydrogens is 248 g/mol. The van der Waals surface area contributed by atoms with Gasteiger partial charge in [-0.05, 0) is 30.5 Å². The molecule has 1 heterocycles. The minimum Gasteiger partial charge on any atom is -0.378 e. The average Bonchev–Trinajstić information content (AvgIpc) is 2.86. The fourth-order valence-corrected chi connectivity index (χ4v) is 2.45. The molecule has 0 radical (unpaired) electrons. The van der Waals surface area contributed by atoms with Crippen LogP contribution in [0.2, 0.25) is 0 Å². The number of amides is 1. The second-order valence-corrected chi connectivity index (χ2v) is 5.12. The maximum Gasteiger partial charge on any atom is 0.251 e. The van der Waals surface area contributed by atoms with Gasteiger partial charge in [-0.2, -0.15) is 0 Å². The molecule has 1 aliphatic rings. The lowest BCUT2D eigenvalue weighted by Gasteiger charge is -2.18. The van der Waals surface area contributed by atoms with Crippen LogP contribution in [-0.4, -0.2) is 44.5 Å². The molecule has 1 fully saturated rings. The van der Waals surface area contributed by atoms with Crippen LogP contribution in [-0.2, 0) is 4.74 Å². The van der Waals surface area contributed by atoms with Crippen LogP contribution in [0.4, 0.5) is 0 Å². The highest BCUT2D eigenvalue weighted by atomic mass is 32.2. The van der Waals surface area contributed by atoms with Gasteiger partial charge in [0, 0.05) is 30.7 Å². The van der Waals surface area contributed by atoms with Crippen molar-refractivity contribution in [1.82, 2.24) is 10.6 Å². The molecule has 0 saturated carbocycles. The first-order valence-electron chi connectivity index (χ1n) is 5.93. The van der Waals surface area contributed by atoms with E-state index in [1.54, 1.807) is 18.9 Å². The maximum absolute atomic E-state index is 12.1. The van der Waals surface area contributed by atoms with Crippen LogP contribution < -0.4 is 10.6 Å². The van der Waals surface area contributed by atoms with E-state index in [0.29, 0.717) is 5.56 Å². The molecule has 2 rings (SSSR count). The molecule has 2 N–H and O–H groups in total. The Morgan fingerprint density at radius 1 is 1.39 bits per heavy atom. The Bertz CT molecular complexity index is 408. The number of methoxy groups -OCH3 is 1. The van der Waals surface area contributed by atoms with Crippen molar-refractivity contribution in [3.05, 3.63) is 29.8 Å². The van der Waals surface area contributed by atoms with Gasteiger partial charge in [-0.1, -0.05) is 0 Å². The van der Waals surface area contributed by atoms with E-state index in [9.17, 15) is 4.79 Å². The molecule has 1 saturated heterocycles. The normalized spacial score (nSPS) is 23.0. The van der Waals surface area contributed by atoms with Crippen LogP contribution in [0, 0.1) is 0 Å². The maximum atomic E-state index is 12.1. The molecule has 0 spiro atoms. The summed E-state index contributed by atoms with van der Waals surface area (Å²) in [6, 6.07) is 7.67. The van der Waals surface area contributed by atoms with E-state index in [4.69, 9.17) is 4.74 Å². The third kappa shape index (κ3) is 3.04. The van der Waals surface area contributed by atoms with Crippen LogP contribution in [0.1, 0.15) is 10.4 Å². The minimum atomic E-state index is -0.0431. The number of carbonyl (C=O) groups excluding carboxylic acids is 1. The quantitative estimate of drug-likeness (QED) is 0.802. The molecule has 1 aromatic rings. The van der Waals surface area contributed by atoms with Gasteiger partial charge >= 0.3 is 0 Å². The van der Waals surface area contributed by atoms with Gasteiger partial charge in [0.1, 0.15) is 0 Å². The van der Waals surface area contributed by atoms with Gasteiger partial charge in [-0.3, -0.25) is 4.79 Å². The molecule has 0 aromatic heterocycles. The first-order chi connectivity index (χ1) is 8.74. The number of carbonyl (C=O) groups is 1. The molecular formula is C13H18N2O2S. The molecule has 0 aliphatic carbocycles. The first-order valence-corrected chi connectivity index (χ1v) is 7.15. The highest BCUT2D eigenvalue weighted by Crippen LogP contribution is 2.15. The molecule has 1 unspecified atom stereocenters. The van der Waals surface area contributed by atoms with Gasteiger partial charge in [0.25, 0.3) is 5.91 Å². The van der Waals surface area contributed by atoms with E-state index in [0.717, 1.165) is 18.0 Å². The summed E-state index contributed by atoms with van der Waals surface area (Å²) in [6.45, 7) is 1.54. The number of ether oxygens (including phenoxy) is 1. The van der Waals surface area contributed by atoms with E-state index >= 15 is 0 Å². The van der Waals surface area contributed by atoms with Crippen LogP contribution in [0.5, 0.6) is 0 Å². The number of nitrogens with one attached hydrogen (secondary N) is 2. The SMILES string of the molecule is CO[C@H]1CNCC1NC(=O)c1ccc(SC)cc1. The Morgan fingerprint density at radius 2 is 2.11 bits per heavy atom. The van der Waals surface area contributed by atoms with Gasteiger partial charge in [0.05, 0.1) is 12.1 Å². The van der Waals surface area contributed by atoms with Gasteiger partial charge in [-0.25, -0.2) is 0 Å². The Hall–Kier alpha value is -1.04. The van der Waals surface area contributed by atoms with Crippen molar-refractivity contribution in [1.29, 1.82) is 0 Å². The zero-order valence-corrected chi connectivity index (χ0v) is 11.4. The topological polar surface area (TPSA) is 50.4 Å². The van der Waals surface area contributed by atoms with Gasteiger partial charge in [0.15, 0.2) is 0 Å². The summed E-state index contributed by atoms with van der Waals surface area (Å²) in [5.41, 5.74) is 0.689. The monoisotopic (exact) mass is 266 g/mol. The van der Waals surface area contributed by atoms with E-state index in [2.05, 4.69) is 10.6 Å². The van der Waals surface area contributed by atoms with Crippen molar-refractivity contribution in [3.8, 4) is 0 Å². The van der Waals surface area contributed by atoms with E-state index < -0.39 is 0 Å². The van der Waals surface area contributed by atoms with E-state index in [-0.39, 0.29) is 18.1 Å². The summed E-state index contributed by atoms with van der Waals surface area (Å²) >= 11 is 1.66. The number of rotatable bonds is 4. The molecule has 4 nitrogen and oxygen atoms in total. The lowest BCUT2D eigenvalue weighted by Crippen LogP contribution is -2.43. The highest BCUT2D eigenvalue weighted by molar-refractivity contribution is 7.98. The van der Waals surface area contributed by atoms with Gasteiger partial charge in [0.2, 0.25) is 0 Å². The molecule has 98 valence electrons. The van der Waals surface area contributed by atoms with Crippen molar-refractivity contribution in [3.63, 3.8) is 0 Å². The summed E-state index contributed by atoms with van der Waals surface area (Å²) in [4.78, 5) is 13.2. The van der Waals surface area contributed by atoms with Crippen LogP contribution in [0.25, 0.3) is 0 Å². The lowest BCUT2D eigenvalue weighted by molar-refractivity contribution is 0.0780. The molecule has 1 amide bonds. The largest absolute Gasteiger partial charge is 0.378 e. The second-order valence-electron chi connectivity index (χ2n) is 4.24. The molecule has 18 heavy (non-hydrogen) atoms. The first kappa shape index (κ1) is 13.4. The van der Waals surface area contributed by atoms with Crippen molar-refractivity contribution in [2.45, 2.75) is 17.0 Å². The molecule has 2 atom stereocenters.